The zero-order valence-electron chi connectivity index (χ0n) is 12.0. The maximum absolute atomic E-state index is 5.30. The van der Waals surface area contributed by atoms with Crippen LogP contribution in [0.15, 0.2) is 0 Å². The third kappa shape index (κ3) is 4.44. The first-order valence-electron chi connectivity index (χ1n) is 6.18. The monoisotopic (exact) mass is 272 g/mol. The third-order valence-corrected chi connectivity index (χ3v) is 3.93. The highest BCUT2D eigenvalue weighted by atomic mass is 32.1. The van der Waals surface area contributed by atoms with Gasteiger partial charge in [-0.05, 0) is 13.6 Å². The van der Waals surface area contributed by atoms with Crippen LogP contribution >= 0.6 is 11.3 Å². The fraction of sp³-hybridized carbons (Fsp3) is 0.750. The van der Waals surface area contributed by atoms with E-state index in [1.165, 1.54) is 0 Å². The molecule has 1 N–H and O–H groups in total. The van der Waals surface area contributed by atoms with E-state index in [1.54, 1.807) is 18.4 Å². The molecule has 6 heteroatoms. The summed E-state index contributed by atoms with van der Waals surface area (Å²) in [6.07, 6.45) is 0. The molecule has 1 aromatic rings. The van der Waals surface area contributed by atoms with Gasteiger partial charge in [0.05, 0.1) is 12.0 Å². The summed E-state index contributed by atoms with van der Waals surface area (Å²) in [5.41, 5.74) is 0. The minimum absolute atomic E-state index is 0.736. The molecule has 0 amide bonds. The summed E-state index contributed by atoms with van der Waals surface area (Å²) in [5.74, 6) is 0.736. The molecule has 0 atom stereocenters. The van der Waals surface area contributed by atoms with Gasteiger partial charge in [0.15, 0.2) is 5.13 Å². The summed E-state index contributed by atoms with van der Waals surface area (Å²) in [6, 6.07) is 0. The SMILES string of the molecule is CCN(C)CCNCc1sc(N(C)C)nc1OC. The number of ether oxygens (including phenoxy) is 1. The molecule has 0 aliphatic carbocycles. The average molecular weight is 272 g/mol. The Kier molecular flexibility index (Phi) is 6.38. The summed E-state index contributed by atoms with van der Waals surface area (Å²) in [4.78, 5) is 9.86. The van der Waals surface area contributed by atoms with Gasteiger partial charge in [-0.3, -0.25) is 0 Å². The largest absolute Gasteiger partial charge is 0.480 e. The second-order valence-corrected chi connectivity index (χ2v) is 5.46. The van der Waals surface area contributed by atoms with Gasteiger partial charge in [-0.1, -0.05) is 18.3 Å². The topological polar surface area (TPSA) is 40.6 Å². The molecule has 0 saturated heterocycles. The van der Waals surface area contributed by atoms with Gasteiger partial charge >= 0.3 is 0 Å². The Hall–Kier alpha value is -0.850. The zero-order chi connectivity index (χ0) is 13.5. The van der Waals surface area contributed by atoms with Crippen molar-refractivity contribution in [3.63, 3.8) is 0 Å². The molecular weight excluding hydrogens is 248 g/mol. The van der Waals surface area contributed by atoms with Gasteiger partial charge < -0.3 is 19.9 Å². The Labute approximate surface area is 114 Å². The number of likely N-dealkylation sites (N-methyl/N-ethyl adjacent to an activating group) is 1. The van der Waals surface area contributed by atoms with Gasteiger partial charge in [-0.25, -0.2) is 0 Å². The lowest BCUT2D eigenvalue weighted by Gasteiger charge is -2.13. The second kappa shape index (κ2) is 7.56. The highest BCUT2D eigenvalue weighted by Crippen LogP contribution is 2.29. The van der Waals surface area contributed by atoms with E-state index in [0.29, 0.717) is 0 Å². The summed E-state index contributed by atoms with van der Waals surface area (Å²) < 4.78 is 5.30. The van der Waals surface area contributed by atoms with Crippen LogP contribution in [0.5, 0.6) is 5.88 Å². The van der Waals surface area contributed by atoms with E-state index >= 15 is 0 Å². The molecule has 0 fully saturated rings. The van der Waals surface area contributed by atoms with Crippen molar-refractivity contribution >= 4 is 16.5 Å². The van der Waals surface area contributed by atoms with Crippen LogP contribution < -0.4 is 15.0 Å². The number of methoxy groups -OCH3 is 1. The van der Waals surface area contributed by atoms with Crippen LogP contribution in [0, 0.1) is 0 Å². The maximum Gasteiger partial charge on any atom is 0.230 e. The van der Waals surface area contributed by atoms with E-state index in [2.05, 4.69) is 29.2 Å². The minimum Gasteiger partial charge on any atom is -0.480 e. The minimum atomic E-state index is 0.736. The smallest absolute Gasteiger partial charge is 0.230 e. The van der Waals surface area contributed by atoms with Gasteiger partial charge in [0.1, 0.15) is 0 Å². The number of hydrogen-bond donors (Lipinski definition) is 1. The van der Waals surface area contributed by atoms with Crippen molar-refractivity contribution in [2.75, 3.05) is 52.8 Å². The van der Waals surface area contributed by atoms with Crippen LogP contribution in [0.1, 0.15) is 11.8 Å². The van der Waals surface area contributed by atoms with Crippen molar-refractivity contribution in [2.24, 2.45) is 0 Å². The molecule has 1 heterocycles. The van der Waals surface area contributed by atoms with Gasteiger partial charge in [-0.15, -0.1) is 0 Å². The first kappa shape index (κ1) is 15.2. The molecule has 0 saturated carbocycles. The zero-order valence-corrected chi connectivity index (χ0v) is 12.8. The first-order chi connectivity index (χ1) is 8.58. The molecule has 104 valence electrons. The fourth-order valence-electron chi connectivity index (χ4n) is 1.42. The predicted octanol–water partition coefficient (Wildman–Crippen LogP) is 1.26. The Bertz CT molecular complexity index is 354. The predicted molar refractivity (Wildman–Crippen MR) is 77.9 cm³/mol. The second-order valence-electron chi connectivity index (χ2n) is 4.40. The Morgan fingerprint density at radius 2 is 2.06 bits per heavy atom. The Balaban J connectivity index is 2.46. The normalized spacial score (nSPS) is 11.0. The molecule has 0 aliphatic heterocycles. The molecule has 0 bridgehead atoms. The Morgan fingerprint density at radius 1 is 1.33 bits per heavy atom. The number of nitrogens with one attached hydrogen (secondary N) is 1. The molecule has 0 radical (unpaired) electrons. The quantitative estimate of drug-likeness (QED) is 0.722. The van der Waals surface area contributed by atoms with E-state index in [4.69, 9.17) is 4.74 Å². The standard InChI is InChI=1S/C12H24N4OS/c1-6-16(4)8-7-13-9-10-11(17-5)14-12(18-10)15(2)3/h13H,6-9H2,1-5H3. The van der Waals surface area contributed by atoms with Crippen molar-refractivity contribution in [1.82, 2.24) is 15.2 Å². The van der Waals surface area contributed by atoms with E-state index in [-0.39, 0.29) is 0 Å². The number of hydrogen-bond acceptors (Lipinski definition) is 6. The average Bonchev–Trinajstić information content (AvgIpc) is 2.77. The summed E-state index contributed by atoms with van der Waals surface area (Å²) in [7, 11) is 7.78. The number of anilines is 1. The Morgan fingerprint density at radius 3 is 2.61 bits per heavy atom. The van der Waals surface area contributed by atoms with E-state index < -0.39 is 0 Å². The van der Waals surface area contributed by atoms with Crippen molar-refractivity contribution in [3.8, 4) is 5.88 Å². The number of thiazole rings is 1. The van der Waals surface area contributed by atoms with Crippen LogP contribution in [0.3, 0.4) is 0 Å². The summed E-state index contributed by atoms with van der Waals surface area (Å²) >= 11 is 1.67. The lowest BCUT2D eigenvalue weighted by atomic mass is 10.4. The molecule has 1 rings (SSSR count). The van der Waals surface area contributed by atoms with E-state index in [1.807, 2.05) is 19.0 Å². The number of nitrogens with zero attached hydrogens (tertiary/aromatic N) is 3. The summed E-state index contributed by atoms with van der Waals surface area (Å²) in [6.45, 7) is 6.08. The van der Waals surface area contributed by atoms with Crippen molar-refractivity contribution in [3.05, 3.63) is 4.88 Å². The lowest BCUT2D eigenvalue weighted by Crippen LogP contribution is -2.28. The molecule has 0 aromatic carbocycles. The van der Waals surface area contributed by atoms with Crippen LogP contribution in [0.2, 0.25) is 0 Å². The van der Waals surface area contributed by atoms with Gasteiger partial charge in [-0.2, -0.15) is 4.98 Å². The van der Waals surface area contributed by atoms with Crippen molar-refractivity contribution in [1.29, 1.82) is 0 Å². The van der Waals surface area contributed by atoms with Crippen LogP contribution in [-0.4, -0.2) is 57.8 Å². The van der Waals surface area contributed by atoms with Crippen molar-refractivity contribution < 1.29 is 4.74 Å². The molecule has 0 aliphatic rings. The first-order valence-corrected chi connectivity index (χ1v) is 7.00. The third-order valence-electron chi connectivity index (χ3n) is 2.72. The van der Waals surface area contributed by atoms with Gasteiger partial charge in [0, 0.05) is 33.7 Å². The molecule has 5 nitrogen and oxygen atoms in total. The molecule has 0 unspecified atom stereocenters. The van der Waals surface area contributed by atoms with E-state index in [0.717, 1.165) is 42.1 Å². The van der Waals surface area contributed by atoms with Crippen LogP contribution in [0.4, 0.5) is 5.13 Å². The number of rotatable bonds is 8. The molecule has 0 spiro atoms. The maximum atomic E-state index is 5.30. The van der Waals surface area contributed by atoms with Gasteiger partial charge in [0.25, 0.3) is 0 Å². The molecule has 18 heavy (non-hydrogen) atoms. The van der Waals surface area contributed by atoms with E-state index in [9.17, 15) is 0 Å². The lowest BCUT2D eigenvalue weighted by molar-refractivity contribution is 0.347. The summed E-state index contributed by atoms with van der Waals surface area (Å²) in [5, 5.41) is 4.40. The highest BCUT2D eigenvalue weighted by Gasteiger charge is 2.12. The van der Waals surface area contributed by atoms with Gasteiger partial charge in [0.2, 0.25) is 5.88 Å². The van der Waals surface area contributed by atoms with Crippen molar-refractivity contribution in [2.45, 2.75) is 13.5 Å². The van der Waals surface area contributed by atoms with Crippen LogP contribution in [0.25, 0.3) is 0 Å². The van der Waals surface area contributed by atoms with Crippen LogP contribution in [-0.2, 0) is 6.54 Å². The fourth-order valence-corrected chi connectivity index (χ4v) is 2.34. The molecular formula is C12H24N4OS. The molecule has 1 aromatic heterocycles. The number of aromatic nitrogens is 1. The highest BCUT2D eigenvalue weighted by molar-refractivity contribution is 7.15.